The number of rotatable bonds is 3. The molecule has 6 atom stereocenters. The number of hydrogen-bond donors (Lipinski definition) is 4. The minimum atomic E-state index is -0.918. The first-order chi connectivity index (χ1) is 17.4. The molecule has 6 rings (SSSR count). The lowest BCUT2D eigenvalue weighted by molar-refractivity contribution is -0.242. The predicted octanol–water partition coefficient (Wildman–Crippen LogP) is 1.01. The SMILES string of the molecule is O=Cc1cccc2c1CC1(CC(O)C(CO)O1)OC2.OCC1OC2(Cc3ccccc3CO2)CC1O. The molecule has 36 heavy (non-hydrogen) atoms. The quantitative estimate of drug-likeness (QED) is 0.456. The summed E-state index contributed by atoms with van der Waals surface area (Å²) < 4.78 is 22.9. The second-order valence-electron chi connectivity index (χ2n) is 9.84. The van der Waals surface area contributed by atoms with Gasteiger partial charge in [0.05, 0.1) is 38.6 Å². The van der Waals surface area contributed by atoms with Crippen LogP contribution in [0.15, 0.2) is 42.5 Å². The Bertz CT molecular complexity index is 1090. The zero-order valence-corrected chi connectivity index (χ0v) is 19.9. The highest BCUT2D eigenvalue weighted by Gasteiger charge is 2.49. The van der Waals surface area contributed by atoms with Crippen LogP contribution in [0, 0.1) is 0 Å². The first kappa shape index (κ1) is 25.4. The first-order valence-electron chi connectivity index (χ1n) is 12.2. The molecule has 9 heteroatoms. The normalized spacial score (nSPS) is 34.7. The van der Waals surface area contributed by atoms with Crippen molar-refractivity contribution in [3.05, 3.63) is 70.3 Å². The number of benzene rings is 2. The maximum atomic E-state index is 11.1. The van der Waals surface area contributed by atoms with Gasteiger partial charge in [-0.2, -0.15) is 0 Å². The number of fused-ring (bicyclic) bond motifs is 2. The predicted molar refractivity (Wildman–Crippen MR) is 126 cm³/mol. The summed E-state index contributed by atoms with van der Waals surface area (Å²) in [5, 5.41) is 37.9. The van der Waals surface area contributed by atoms with Gasteiger partial charge in [0.25, 0.3) is 0 Å². The molecule has 2 aromatic rings. The average Bonchev–Trinajstić information content (AvgIpc) is 3.38. The molecule has 0 radical (unpaired) electrons. The highest BCUT2D eigenvalue weighted by atomic mass is 16.7. The summed E-state index contributed by atoms with van der Waals surface area (Å²) in [7, 11) is 0. The van der Waals surface area contributed by atoms with E-state index in [0.717, 1.165) is 17.4 Å². The number of ether oxygens (including phenoxy) is 4. The van der Waals surface area contributed by atoms with Gasteiger partial charge in [-0.1, -0.05) is 42.5 Å². The molecule has 0 amide bonds. The minimum absolute atomic E-state index is 0.173. The molecule has 9 nitrogen and oxygen atoms in total. The van der Waals surface area contributed by atoms with E-state index < -0.39 is 36.0 Å². The van der Waals surface area contributed by atoms with Gasteiger partial charge in [-0.05, 0) is 22.3 Å². The van der Waals surface area contributed by atoms with Gasteiger partial charge < -0.3 is 39.4 Å². The van der Waals surface area contributed by atoms with Crippen molar-refractivity contribution >= 4 is 6.29 Å². The second-order valence-corrected chi connectivity index (χ2v) is 9.84. The molecule has 4 aliphatic rings. The van der Waals surface area contributed by atoms with Crippen molar-refractivity contribution in [1.29, 1.82) is 0 Å². The summed E-state index contributed by atoms with van der Waals surface area (Å²) in [6, 6.07) is 13.6. The molecule has 0 bridgehead atoms. The Labute approximate surface area is 209 Å². The van der Waals surface area contributed by atoms with Crippen LogP contribution in [0.25, 0.3) is 0 Å². The van der Waals surface area contributed by atoms with Gasteiger partial charge >= 0.3 is 0 Å². The fourth-order valence-electron chi connectivity index (χ4n) is 5.50. The van der Waals surface area contributed by atoms with Crippen LogP contribution in [0.1, 0.15) is 45.5 Å². The van der Waals surface area contributed by atoms with Gasteiger partial charge in [-0.15, -0.1) is 0 Å². The summed E-state index contributed by atoms with van der Waals surface area (Å²) >= 11 is 0. The minimum Gasteiger partial charge on any atom is -0.394 e. The lowest BCUT2D eigenvalue weighted by atomic mass is 9.91. The lowest BCUT2D eigenvalue weighted by Crippen LogP contribution is -2.39. The van der Waals surface area contributed by atoms with Crippen LogP contribution in [-0.2, 0) is 45.0 Å². The summed E-state index contributed by atoms with van der Waals surface area (Å²) in [6.45, 7) is 0.436. The fourth-order valence-corrected chi connectivity index (χ4v) is 5.50. The van der Waals surface area contributed by atoms with Gasteiger partial charge in [0.1, 0.15) is 18.5 Å². The molecular formula is C27H32O9. The second kappa shape index (κ2) is 10.3. The van der Waals surface area contributed by atoms with Crippen molar-refractivity contribution in [1.82, 2.24) is 0 Å². The molecule has 4 N–H and O–H groups in total. The molecule has 0 aromatic heterocycles. The first-order valence-corrected chi connectivity index (χ1v) is 12.2. The van der Waals surface area contributed by atoms with Crippen LogP contribution >= 0.6 is 0 Å². The van der Waals surface area contributed by atoms with Crippen molar-refractivity contribution in [2.24, 2.45) is 0 Å². The monoisotopic (exact) mass is 500 g/mol. The smallest absolute Gasteiger partial charge is 0.175 e. The van der Waals surface area contributed by atoms with Crippen LogP contribution in [-0.4, -0.2) is 75.9 Å². The van der Waals surface area contributed by atoms with Crippen LogP contribution < -0.4 is 0 Å². The largest absolute Gasteiger partial charge is 0.394 e. The lowest BCUT2D eigenvalue weighted by Gasteiger charge is -2.35. The Balaban J connectivity index is 0.000000149. The van der Waals surface area contributed by atoms with E-state index >= 15 is 0 Å². The molecule has 0 aliphatic carbocycles. The molecule has 6 unspecified atom stereocenters. The zero-order chi connectivity index (χ0) is 25.3. The molecule has 2 aromatic carbocycles. The van der Waals surface area contributed by atoms with Gasteiger partial charge in [0.15, 0.2) is 11.6 Å². The average molecular weight is 501 g/mol. The van der Waals surface area contributed by atoms with Crippen LogP contribution in [0.4, 0.5) is 0 Å². The van der Waals surface area contributed by atoms with E-state index in [1.807, 2.05) is 30.3 Å². The zero-order valence-electron chi connectivity index (χ0n) is 19.9. The van der Waals surface area contributed by atoms with E-state index in [2.05, 4.69) is 6.07 Å². The van der Waals surface area contributed by atoms with E-state index in [1.165, 1.54) is 11.1 Å². The number of carbonyl (C=O) groups excluding carboxylic acids is 1. The Morgan fingerprint density at radius 1 is 0.778 bits per heavy atom. The Morgan fingerprint density at radius 3 is 1.92 bits per heavy atom. The molecule has 4 aliphatic heterocycles. The van der Waals surface area contributed by atoms with Crippen LogP contribution in [0.3, 0.4) is 0 Å². The molecular weight excluding hydrogens is 468 g/mol. The molecule has 2 spiro atoms. The maximum Gasteiger partial charge on any atom is 0.175 e. The van der Waals surface area contributed by atoms with Crippen molar-refractivity contribution < 1.29 is 44.2 Å². The summed E-state index contributed by atoms with van der Waals surface area (Å²) in [5.74, 6) is -1.67. The van der Waals surface area contributed by atoms with Gasteiger partial charge in [-0.3, -0.25) is 4.79 Å². The molecule has 4 heterocycles. The topological polar surface area (TPSA) is 135 Å². The third-order valence-electron chi connectivity index (χ3n) is 7.43. The van der Waals surface area contributed by atoms with Crippen LogP contribution in [0.2, 0.25) is 0 Å². The van der Waals surface area contributed by atoms with Crippen molar-refractivity contribution in [2.45, 2.75) is 74.9 Å². The Morgan fingerprint density at radius 2 is 1.33 bits per heavy atom. The molecule has 0 saturated carbocycles. The number of aliphatic hydroxyl groups is 4. The Kier molecular flexibility index (Phi) is 7.26. The molecule has 194 valence electrons. The van der Waals surface area contributed by atoms with Crippen molar-refractivity contribution in [2.75, 3.05) is 13.2 Å². The standard InChI is InChI=1S/C14H16O5.C13H16O4/c15-6-9-2-1-3-10-8-18-14(4-11(9)10)5-12(17)13(7-16)19-14;14-7-12-11(15)6-13(17-12)5-9-3-1-2-4-10(9)8-16-13/h1-3,6,12-13,16-17H,4-5,7-8H2;1-4,11-12,14-15H,5-8H2. The maximum absolute atomic E-state index is 11.1. The number of hydrogen-bond acceptors (Lipinski definition) is 9. The van der Waals surface area contributed by atoms with E-state index in [9.17, 15) is 15.0 Å². The van der Waals surface area contributed by atoms with Gasteiger partial charge in [0, 0.05) is 31.2 Å². The van der Waals surface area contributed by atoms with Crippen molar-refractivity contribution in [3.8, 4) is 0 Å². The van der Waals surface area contributed by atoms with Crippen molar-refractivity contribution in [3.63, 3.8) is 0 Å². The van der Waals surface area contributed by atoms with Gasteiger partial charge in [-0.25, -0.2) is 0 Å². The summed E-state index contributed by atoms with van der Waals surface area (Å²) in [5.41, 5.74) is 4.88. The third-order valence-corrected chi connectivity index (χ3v) is 7.43. The fraction of sp³-hybridized carbons (Fsp3) is 0.519. The van der Waals surface area contributed by atoms with Gasteiger partial charge in [0.2, 0.25) is 0 Å². The highest BCUT2D eigenvalue weighted by molar-refractivity contribution is 5.78. The number of aliphatic hydroxyl groups excluding tert-OH is 4. The molecule has 2 saturated heterocycles. The number of aldehydes is 1. The summed E-state index contributed by atoms with van der Waals surface area (Å²) in [4.78, 5) is 11.1. The summed E-state index contributed by atoms with van der Waals surface area (Å²) in [6.07, 6.45) is 0.0801. The molecule has 2 fully saturated rings. The van der Waals surface area contributed by atoms with E-state index in [4.69, 9.17) is 29.2 Å². The Hall–Kier alpha value is -2.21. The van der Waals surface area contributed by atoms with E-state index in [-0.39, 0.29) is 13.2 Å². The van der Waals surface area contributed by atoms with Crippen LogP contribution in [0.5, 0.6) is 0 Å². The highest BCUT2D eigenvalue weighted by Crippen LogP contribution is 2.41. The van der Waals surface area contributed by atoms with E-state index in [0.29, 0.717) is 44.5 Å². The number of carbonyl (C=O) groups is 1. The van der Waals surface area contributed by atoms with E-state index in [1.54, 1.807) is 6.07 Å². The third kappa shape index (κ3) is 4.85.